The Bertz CT molecular complexity index is 3480. The molecule has 0 spiro atoms. The number of pyridine rings is 4. The van der Waals surface area contributed by atoms with E-state index in [1.54, 1.807) is 67.9 Å². The van der Waals surface area contributed by atoms with Gasteiger partial charge in [-0.2, -0.15) is 0 Å². The van der Waals surface area contributed by atoms with Crippen LogP contribution in [0.5, 0.6) is 0 Å². The van der Waals surface area contributed by atoms with Crippen molar-refractivity contribution in [2.24, 2.45) is 0 Å². The Morgan fingerprint density at radius 2 is 1.49 bits per heavy atom. The van der Waals surface area contributed by atoms with Crippen molar-refractivity contribution < 1.29 is 18.7 Å². The van der Waals surface area contributed by atoms with Crippen LogP contribution in [0.3, 0.4) is 0 Å². The van der Waals surface area contributed by atoms with Gasteiger partial charge in [-0.25, -0.2) is 24.3 Å². The molecule has 70 heavy (non-hydrogen) atoms. The van der Waals surface area contributed by atoms with E-state index in [-0.39, 0.29) is 29.2 Å². The first-order chi connectivity index (χ1) is 34.1. The summed E-state index contributed by atoms with van der Waals surface area (Å²) in [6.07, 6.45) is 12.3. The highest BCUT2D eigenvalue weighted by Gasteiger charge is 2.21. The Morgan fingerprint density at radius 1 is 0.700 bits per heavy atom. The lowest BCUT2D eigenvalue weighted by Gasteiger charge is -2.17. The normalized spacial score (nSPS) is 12.0. The molecular weight excluding hydrogens is 890 g/mol. The molecule has 8 aromatic heterocycles. The van der Waals surface area contributed by atoms with Gasteiger partial charge in [0.15, 0.2) is 11.6 Å². The van der Waals surface area contributed by atoms with Gasteiger partial charge < -0.3 is 33.6 Å². The summed E-state index contributed by atoms with van der Waals surface area (Å²) in [6.45, 7) is 8.03. The molecule has 0 saturated carbocycles. The summed E-state index contributed by atoms with van der Waals surface area (Å²) < 4.78 is 29.0. The molecule has 1 atom stereocenters. The number of nitrogens with zero attached hydrogens (tertiary/aromatic N) is 13. The number of imidazole rings is 1. The predicted octanol–water partition coefficient (Wildman–Crippen LogP) is 8.38. The number of carbonyl (C=O) groups excluding carboxylic acids is 2. The number of hydrogen-bond donors (Lipinski definition) is 2. The molecule has 18 nitrogen and oxygen atoms in total. The van der Waals surface area contributed by atoms with Crippen molar-refractivity contribution in [2.45, 2.75) is 59.0 Å². The number of carbonyl (C=O) groups is 2. The second kappa shape index (κ2) is 19.8. The number of rotatable bonds is 17. The molecular formula is C51H46FN15O3. The third-order valence-electron chi connectivity index (χ3n) is 11.8. The molecule has 8 heterocycles. The molecule has 10 aromatic rings. The third kappa shape index (κ3) is 9.76. The van der Waals surface area contributed by atoms with Crippen molar-refractivity contribution in [3.8, 4) is 23.0 Å². The Hall–Kier alpha value is -8.84. The number of amides is 2. The summed E-state index contributed by atoms with van der Waals surface area (Å²) in [4.78, 5) is 50.2. The molecule has 2 N–H and O–H groups in total. The number of fused-ring (bicyclic) bond motifs is 2. The van der Waals surface area contributed by atoms with E-state index in [2.05, 4.69) is 46.0 Å². The van der Waals surface area contributed by atoms with Gasteiger partial charge in [0.05, 0.1) is 36.8 Å². The van der Waals surface area contributed by atoms with Gasteiger partial charge >= 0.3 is 0 Å². The Labute approximate surface area is 400 Å². The highest BCUT2D eigenvalue weighted by atomic mass is 19.1. The molecule has 0 aliphatic rings. The predicted molar refractivity (Wildman–Crippen MR) is 260 cm³/mol. The van der Waals surface area contributed by atoms with Crippen LogP contribution in [-0.4, -0.2) is 82.0 Å². The Kier molecular flexibility index (Phi) is 12.7. The number of anilines is 2. The van der Waals surface area contributed by atoms with Crippen molar-refractivity contribution in [1.29, 1.82) is 0 Å². The molecule has 19 heteroatoms. The topological polar surface area (TPSA) is 203 Å². The fourth-order valence-corrected chi connectivity index (χ4v) is 8.27. The van der Waals surface area contributed by atoms with Crippen molar-refractivity contribution in [3.63, 3.8) is 0 Å². The van der Waals surface area contributed by atoms with Crippen LogP contribution in [0.2, 0.25) is 0 Å². The van der Waals surface area contributed by atoms with Gasteiger partial charge in [0, 0.05) is 54.7 Å². The first-order valence-electron chi connectivity index (χ1n) is 22.6. The Morgan fingerprint density at radius 3 is 2.30 bits per heavy atom. The molecule has 350 valence electrons. The zero-order chi connectivity index (χ0) is 48.1. The minimum absolute atomic E-state index is 0.0301. The average molecular weight is 936 g/mol. The van der Waals surface area contributed by atoms with Crippen LogP contribution in [0.25, 0.3) is 45.0 Å². The fraction of sp³-hybridized carbons (Fsp3) is 0.196. The van der Waals surface area contributed by atoms with Crippen LogP contribution < -0.4 is 10.6 Å². The molecule has 0 aliphatic carbocycles. The molecule has 0 fully saturated rings. The van der Waals surface area contributed by atoms with E-state index >= 15 is 4.39 Å². The molecule has 0 saturated heterocycles. The van der Waals surface area contributed by atoms with Crippen LogP contribution >= 0.6 is 0 Å². The summed E-state index contributed by atoms with van der Waals surface area (Å²) in [5, 5.41) is 23.6. The quantitative estimate of drug-likeness (QED) is 0.0827. The number of benzene rings is 2. The number of nitrogens with one attached hydrogen (secondary N) is 2. The highest BCUT2D eigenvalue weighted by molar-refractivity contribution is 6.06. The number of halogens is 1. The fourth-order valence-electron chi connectivity index (χ4n) is 8.27. The molecule has 2 aromatic carbocycles. The SMILES string of the molecule is CC(C)n1cnnc1-c1cc(CC(C)n2cnnc2-c2cccc(NC(=O)c3cc4c(ccn4Cc4cccnc4)cc3F)n2)cc(NC(=O)c2cc3c(cn2)ncn3CCOCc2ccccc2)n1. The van der Waals surface area contributed by atoms with E-state index in [4.69, 9.17) is 14.7 Å². The maximum absolute atomic E-state index is 15.4. The summed E-state index contributed by atoms with van der Waals surface area (Å²) in [7, 11) is 0. The van der Waals surface area contributed by atoms with Gasteiger partial charge in [0.2, 0.25) is 0 Å². The number of hydrogen-bond acceptors (Lipinski definition) is 12. The van der Waals surface area contributed by atoms with Crippen molar-refractivity contribution in [3.05, 3.63) is 175 Å². The van der Waals surface area contributed by atoms with E-state index in [1.807, 2.05) is 106 Å². The van der Waals surface area contributed by atoms with Gasteiger partial charge in [-0.15, -0.1) is 20.4 Å². The zero-order valence-electron chi connectivity index (χ0n) is 38.4. The van der Waals surface area contributed by atoms with Gasteiger partial charge in [-0.1, -0.05) is 42.5 Å². The molecule has 1 unspecified atom stereocenters. The first kappa shape index (κ1) is 45.0. The van der Waals surface area contributed by atoms with Crippen molar-refractivity contribution >= 4 is 45.4 Å². The monoisotopic (exact) mass is 935 g/mol. The zero-order valence-corrected chi connectivity index (χ0v) is 38.4. The number of ether oxygens (including phenoxy) is 1. The molecule has 0 bridgehead atoms. The van der Waals surface area contributed by atoms with Gasteiger partial charge in [-0.05, 0) is 98.5 Å². The van der Waals surface area contributed by atoms with E-state index in [9.17, 15) is 9.59 Å². The second-order valence-electron chi connectivity index (χ2n) is 17.1. The molecule has 0 radical (unpaired) electrons. The summed E-state index contributed by atoms with van der Waals surface area (Å²) in [6, 6.07) is 28.8. The second-order valence-corrected chi connectivity index (χ2v) is 17.1. The smallest absolute Gasteiger partial charge is 0.275 e. The third-order valence-corrected chi connectivity index (χ3v) is 11.8. The lowest BCUT2D eigenvalue weighted by Crippen LogP contribution is -2.16. The number of aromatic nitrogens is 13. The van der Waals surface area contributed by atoms with E-state index in [1.165, 1.54) is 6.07 Å². The lowest BCUT2D eigenvalue weighted by molar-refractivity contribution is 0.101. The van der Waals surface area contributed by atoms with Crippen molar-refractivity contribution in [2.75, 3.05) is 17.2 Å². The minimum Gasteiger partial charge on any atom is -0.375 e. The van der Waals surface area contributed by atoms with Crippen LogP contribution in [0.1, 0.15) is 70.4 Å². The van der Waals surface area contributed by atoms with Crippen molar-refractivity contribution in [1.82, 2.24) is 63.6 Å². The summed E-state index contributed by atoms with van der Waals surface area (Å²) in [5.41, 5.74) is 5.97. The average Bonchev–Trinajstić information content (AvgIpc) is 4.21. The molecule has 10 rings (SSSR count). The van der Waals surface area contributed by atoms with Gasteiger partial charge in [0.25, 0.3) is 11.8 Å². The van der Waals surface area contributed by atoms with E-state index < -0.39 is 17.6 Å². The van der Waals surface area contributed by atoms with Gasteiger partial charge in [0.1, 0.15) is 52.7 Å². The van der Waals surface area contributed by atoms with Crippen LogP contribution in [0.15, 0.2) is 141 Å². The standard InChI is InChI=1S/C51H46FN15O3/c1-32(2)66-30-56-63-49(66)41-20-36(21-47(59-41)61-51(69)42-24-45-43(26-54-42)55-29-65(45)17-18-70-28-34-9-5-4-6-10-34)19-33(3)67-31-57-62-48(67)40-12-7-13-46(58-40)60-50(68)38-23-44-37(22-39(38)52)14-16-64(44)27-35-11-8-15-53-25-35/h4-16,20-26,29-33H,17-19,27-28H2,1-3H3,(H,58,60,68)(H,59,61,69). The summed E-state index contributed by atoms with van der Waals surface area (Å²) >= 11 is 0. The highest BCUT2D eigenvalue weighted by Crippen LogP contribution is 2.28. The minimum atomic E-state index is -0.654. The maximum Gasteiger partial charge on any atom is 0.275 e. The largest absolute Gasteiger partial charge is 0.375 e. The maximum atomic E-state index is 15.4. The van der Waals surface area contributed by atoms with Crippen LogP contribution in [0, 0.1) is 5.82 Å². The Balaban J connectivity index is 0.866. The van der Waals surface area contributed by atoms with E-state index in [0.717, 1.165) is 22.2 Å². The first-order valence-corrected chi connectivity index (χ1v) is 22.6. The lowest BCUT2D eigenvalue weighted by atomic mass is 10.1. The molecule has 0 aliphatic heterocycles. The van der Waals surface area contributed by atoms with Gasteiger partial charge in [-0.3, -0.25) is 14.6 Å². The van der Waals surface area contributed by atoms with Crippen LogP contribution in [0.4, 0.5) is 16.0 Å². The van der Waals surface area contributed by atoms with E-state index in [0.29, 0.717) is 78.0 Å². The van der Waals surface area contributed by atoms with Crippen LogP contribution in [-0.2, 0) is 30.9 Å². The molecule has 2 amide bonds. The summed E-state index contributed by atoms with van der Waals surface area (Å²) in [5.74, 6) is -0.297.